The summed E-state index contributed by atoms with van der Waals surface area (Å²) >= 11 is 0. The van der Waals surface area contributed by atoms with E-state index in [1.807, 2.05) is 0 Å². The highest BCUT2D eigenvalue weighted by atomic mass is 127. The molecule has 4 N–H and O–H groups in total. The average Bonchev–Trinajstić information content (AvgIpc) is 2.53. The van der Waals surface area contributed by atoms with Crippen molar-refractivity contribution in [2.24, 2.45) is 16.6 Å². The lowest BCUT2D eigenvalue weighted by atomic mass is 9.85. The van der Waals surface area contributed by atoms with Crippen LogP contribution in [-0.2, 0) is 17.6 Å². The Hall–Kier alpha value is -1.31. The number of nitrogens with one attached hydrogen (secondary N) is 2. The summed E-state index contributed by atoms with van der Waals surface area (Å²) in [5.41, 5.74) is 9.91. The van der Waals surface area contributed by atoms with Crippen LogP contribution in [0.3, 0.4) is 0 Å². The predicted molar refractivity (Wildman–Crippen MR) is 114 cm³/mol. The van der Waals surface area contributed by atoms with Gasteiger partial charge in [0.15, 0.2) is 5.96 Å². The standard InChI is InChI=1S/C19H28N4O.HI/c20-19(22-13-5-12-21-18(24)15-8-3-9-15)23-17-11-4-7-14-6-1-2-10-16(14)17;/h4,7,11,15H,1-3,5-6,8-10,12-13H2,(H,21,24)(H3,20,22,23);1H. The number of hydrogen-bond donors (Lipinski definition) is 3. The lowest BCUT2D eigenvalue weighted by Crippen LogP contribution is -2.35. The molecule has 0 aliphatic heterocycles. The zero-order valence-corrected chi connectivity index (χ0v) is 17.1. The first-order valence-corrected chi connectivity index (χ1v) is 9.19. The smallest absolute Gasteiger partial charge is 0.223 e. The molecule has 138 valence electrons. The van der Waals surface area contributed by atoms with Crippen molar-refractivity contribution in [2.45, 2.75) is 51.4 Å². The summed E-state index contributed by atoms with van der Waals surface area (Å²) in [6, 6.07) is 6.36. The monoisotopic (exact) mass is 456 g/mol. The fraction of sp³-hybridized carbons (Fsp3) is 0.579. The van der Waals surface area contributed by atoms with Gasteiger partial charge in [0.05, 0.1) is 0 Å². The number of aryl methyl sites for hydroxylation is 1. The predicted octanol–water partition coefficient (Wildman–Crippen LogP) is 3.22. The van der Waals surface area contributed by atoms with Gasteiger partial charge in [-0.3, -0.25) is 9.79 Å². The van der Waals surface area contributed by atoms with Crippen molar-refractivity contribution in [3.05, 3.63) is 29.3 Å². The number of carbonyl (C=O) groups is 1. The molecule has 0 radical (unpaired) electrons. The third-order valence-electron chi connectivity index (χ3n) is 5.05. The molecule has 3 rings (SSSR count). The largest absolute Gasteiger partial charge is 0.370 e. The number of nitrogens with zero attached hydrogens (tertiary/aromatic N) is 1. The van der Waals surface area contributed by atoms with E-state index in [0.29, 0.717) is 19.0 Å². The SMILES string of the molecule is I.NC(=NCCCNC(=O)C1CCC1)Nc1cccc2c1CCCC2. The van der Waals surface area contributed by atoms with E-state index in [9.17, 15) is 4.79 Å². The van der Waals surface area contributed by atoms with E-state index < -0.39 is 0 Å². The Morgan fingerprint density at radius 2 is 2.00 bits per heavy atom. The molecule has 0 saturated heterocycles. The first kappa shape index (κ1) is 20.0. The number of amides is 1. The molecule has 25 heavy (non-hydrogen) atoms. The van der Waals surface area contributed by atoms with Gasteiger partial charge in [-0.05, 0) is 62.1 Å². The third-order valence-corrected chi connectivity index (χ3v) is 5.05. The van der Waals surface area contributed by atoms with Crippen molar-refractivity contribution >= 4 is 41.5 Å². The summed E-state index contributed by atoms with van der Waals surface area (Å²) in [6.07, 6.45) is 8.86. The fourth-order valence-corrected chi connectivity index (χ4v) is 3.38. The van der Waals surface area contributed by atoms with Crippen LogP contribution in [0.2, 0.25) is 0 Å². The maximum absolute atomic E-state index is 11.7. The lowest BCUT2D eigenvalue weighted by molar-refractivity contribution is -0.127. The van der Waals surface area contributed by atoms with Gasteiger partial charge < -0.3 is 16.4 Å². The van der Waals surface area contributed by atoms with Gasteiger partial charge in [-0.2, -0.15) is 0 Å². The molecule has 0 bridgehead atoms. The van der Waals surface area contributed by atoms with Gasteiger partial charge in [0.2, 0.25) is 5.91 Å². The summed E-state index contributed by atoms with van der Waals surface area (Å²) in [4.78, 5) is 16.1. The second-order valence-corrected chi connectivity index (χ2v) is 6.81. The molecule has 0 spiro atoms. The first-order valence-electron chi connectivity index (χ1n) is 9.19. The number of fused-ring (bicyclic) bond motifs is 1. The van der Waals surface area contributed by atoms with Crippen LogP contribution in [0.4, 0.5) is 5.69 Å². The minimum atomic E-state index is 0. The zero-order valence-electron chi connectivity index (χ0n) is 14.7. The maximum Gasteiger partial charge on any atom is 0.223 e. The van der Waals surface area contributed by atoms with Crippen LogP contribution in [0.5, 0.6) is 0 Å². The minimum absolute atomic E-state index is 0. The Labute approximate surface area is 167 Å². The van der Waals surface area contributed by atoms with Crippen LogP contribution in [0, 0.1) is 5.92 Å². The third kappa shape index (κ3) is 5.59. The second-order valence-electron chi connectivity index (χ2n) is 6.81. The molecule has 1 fully saturated rings. The quantitative estimate of drug-likeness (QED) is 0.266. The summed E-state index contributed by atoms with van der Waals surface area (Å²) in [5.74, 6) is 0.913. The topological polar surface area (TPSA) is 79.5 Å². The van der Waals surface area contributed by atoms with Crippen molar-refractivity contribution in [1.29, 1.82) is 0 Å². The van der Waals surface area contributed by atoms with E-state index in [4.69, 9.17) is 5.73 Å². The molecule has 1 aromatic rings. The van der Waals surface area contributed by atoms with Gasteiger partial charge in [-0.1, -0.05) is 18.6 Å². The number of guanidine groups is 1. The van der Waals surface area contributed by atoms with Gasteiger partial charge >= 0.3 is 0 Å². The Bertz CT molecular complexity index is 613. The second kappa shape index (κ2) is 9.99. The van der Waals surface area contributed by atoms with Gasteiger partial charge in [0.1, 0.15) is 0 Å². The fourth-order valence-electron chi connectivity index (χ4n) is 3.38. The van der Waals surface area contributed by atoms with E-state index >= 15 is 0 Å². The van der Waals surface area contributed by atoms with Crippen molar-refractivity contribution < 1.29 is 4.79 Å². The Morgan fingerprint density at radius 3 is 2.76 bits per heavy atom. The number of halogens is 1. The molecule has 2 aliphatic carbocycles. The first-order chi connectivity index (χ1) is 11.7. The molecule has 0 unspecified atom stereocenters. The average molecular weight is 456 g/mol. The van der Waals surface area contributed by atoms with Crippen molar-refractivity contribution in [1.82, 2.24) is 5.32 Å². The van der Waals surface area contributed by atoms with Crippen LogP contribution in [0.25, 0.3) is 0 Å². The summed E-state index contributed by atoms with van der Waals surface area (Å²) in [6.45, 7) is 1.30. The highest BCUT2D eigenvalue weighted by Crippen LogP contribution is 2.27. The van der Waals surface area contributed by atoms with E-state index in [0.717, 1.165) is 37.8 Å². The molecule has 2 aliphatic rings. The number of anilines is 1. The van der Waals surface area contributed by atoms with E-state index in [-0.39, 0.29) is 35.8 Å². The molecule has 0 atom stereocenters. The molecule has 5 nitrogen and oxygen atoms in total. The van der Waals surface area contributed by atoms with Crippen molar-refractivity contribution in [3.63, 3.8) is 0 Å². The Kier molecular flexibility index (Phi) is 7.99. The number of nitrogens with two attached hydrogens (primary N) is 1. The molecule has 6 heteroatoms. The van der Waals surface area contributed by atoms with Gasteiger partial charge in [0.25, 0.3) is 0 Å². The molecule has 1 aromatic carbocycles. The van der Waals surface area contributed by atoms with Crippen LogP contribution in [0.1, 0.15) is 49.7 Å². The number of aliphatic imine (C=N–C) groups is 1. The van der Waals surface area contributed by atoms with Gasteiger partial charge in [0, 0.05) is 24.7 Å². The van der Waals surface area contributed by atoms with Crippen LogP contribution >= 0.6 is 24.0 Å². The van der Waals surface area contributed by atoms with Gasteiger partial charge in [-0.25, -0.2) is 0 Å². The van der Waals surface area contributed by atoms with Crippen LogP contribution in [-0.4, -0.2) is 25.0 Å². The van der Waals surface area contributed by atoms with Crippen LogP contribution < -0.4 is 16.4 Å². The zero-order chi connectivity index (χ0) is 16.8. The molecular weight excluding hydrogens is 427 g/mol. The summed E-state index contributed by atoms with van der Waals surface area (Å²) < 4.78 is 0. The minimum Gasteiger partial charge on any atom is -0.370 e. The van der Waals surface area contributed by atoms with E-state index in [2.05, 4.69) is 33.8 Å². The van der Waals surface area contributed by atoms with Crippen LogP contribution in [0.15, 0.2) is 23.2 Å². The highest BCUT2D eigenvalue weighted by Gasteiger charge is 2.24. The number of rotatable bonds is 6. The molecule has 0 aromatic heterocycles. The van der Waals surface area contributed by atoms with Crippen molar-refractivity contribution in [3.8, 4) is 0 Å². The van der Waals surface area contributed by atoms with E-state index in [1.54, 1.807) is 0 Å². The molecule has 1 saturated carbocycles. The molecule has 1 amide bonds. The Balaban J connectivity index is 0.00000225. The molecular formula is C19H29IN4O. The number of carbonyl (C=O) groups excluding carboxylic acids is 1. The molecule has 0 heterocycles. The summed E-state index contributed by atoms with van der Waals surface area (Å²) in [5, 5.41) is 6.23. The number of benzene rings is 1. The normalized spacial score (nSPS) is 17.0. The highest BCUT2D eigenvalue weighted by molar-refractivity contribution is 14.0. The van der Waals surface area contributed by atoms with Gasteiger partial charge in [-0.15, -0.1) is 24.0 Å². The number of hydrogen-bond acceptors (Lipinski definition) is 2. The van der Waals surface area contributed by atoms with E-state index in [1.165, 1.54) is 30.4 Å². The van der Waals surface area contributed by atoms with Crippen molar-refractivity contribution in [2.75, 3.05) is 18.4 Å². The lowest BCUT2D eigenvalue weighted by Gasteiger charge is -2.23. The Morgan fingerprint density at radius 1 is 1.20 bits per heavy atom. The maximum atomic E-state index is 11.7. The summed E-state index contributed by atoms with van der Waals surface area (Å²) in [7, 11) is 0.